The second-order valence-corrected chi connectivity index (χ2v) is 5.04. The second kappa shape index (κ2) is 6.75. The third-order valence-electron chi connectivity index (χ3n) is 3.24. The van der Waals surface area contributed by atoms with Gasteiger partial charge in [-0.1, -0.05) is 29.8 Å². The van der Waals surface area contributed by atoms with Gasteiger partial charge in [-0.25, -0.2) is 5.43 Å². The second-order valence-electron chi connectivity index (χ2n) is 4.60. The summed E-state index contributed by atoms with van der Waals surface area (Å²) in [5.74, 6) is 6.58. The minimum Gasteiger partial charge on any atom is -0.494 e. The van der Waals surface area contributed by atoms with Gasteiger partial charge in [-0.05, 0) is 54.8 Å². The Morgan fingerprint density at radius 3 is 2.50 bits per heavy atom. The van der Waals surface area contributed by atoms with Gasteiger partial charge in [-0.2, -0.15) is 0 Å². The van der Waals surface area contributed by atoms with Crippen molar-refractivity contribution in [3.63, 3.8) is 0 Å². The van der Waals surface area contributed by atoms with E-state index in [1.807, 2.05) is 56.3 Å². The quantitative estimate of drug-likeness (QED) is 0.653. The van der Waals surface area contributed by atoms with Crippen molar-refractivity contribution in [2.75, 3.05) is 6.61 Å². The molecule has 0 aromatic heterocycles. The highest BCUT2D eigenvalue weighted by atomic mass is 35.5. The first-order chi connectivity index (χ1) is 9.65. The summed E-state index contributed by atoms with van der Waals surface area (Å²) < 4.78 is 5.45. The minimum atomic E-state index is -0.0932. The molecule has 1 atom stereocenters. The van der Waals surface area contributed by atoms with E-state index in [0.717, 1.165) is 22.4 Å². The number of hydrogen-bond acceptors (Lipinski definition) is 3. The number of nitrogens with one attached hydrogen (secondary N) is 1. The molecule has 0 aliphatic heterocycles. The van der Waals surface area contributed by atoms with Gasteiger partial charge in [0.2, 0.25) is 0 Å². The van der Waals surface area contributed by atoms with Gasteiger partial charge < -0.3 is 4.74 Å². The molecule has 0 fully saturated rings. The summed E-state index contributed by atoms with van der Waals surface area (Å²) in [4.78, 5) is 0. The van der Waals surface area contributed by atoms with E-state index in [9.17, 15) is 0 Å². The van der Waals surface area contributed by atoms with Gasteiger partial charge >= 0.3 is 0 Å². The first kappa shape index (κ1) is 14.9. The largest absolute Gasteiger partial charge is 0.494 e. The highest BCUT2D eigenvalue weighted by Crippen LogP contribution is 2.28. The molecule has 3 N–H and O–H groups in total. The lowest BCUT2D eigenvalue weighted by atomic mass is 9.95. The third kappa shape index (κ3) is 3.31. The fourth-order valence-electron chi connectivity index (χ4n) is 2.21. The average molecular weight is 291 g/mol. The molecule has 4 heteroatoms. The van der Waals surface area contributed by atoms with Gasteiger partial charge in [0, 0.05) is 5.02 Å². The number of hydrogen-bond donors (Lipinski definition) is 2. The van der Waals surface area contributed by atoms with Crippen LogP contribution in [-0.2, 0) is 0 Å². The van der Waals surface area contributed by atoms with Gasteiger partial charge in [-0.3, -0.25) is 5.84 Å². The van der Waals surface area contributed by atoms with E-state index in [0.29, 0.717) is 11.6 Å². The molecule has 0 heterocycles. The van der Waals surface area contributed by atoms with Crippen molar-refractivity contribution in [1.82, 2.24) is 5.43 Å². The fraction of sp³-hybridized carbons (Fsp3) is 0.250. The zero-order chi connectivity index (χ0) is 14.5. The molecule has 2 rings (SSSR count). The van der Waals surface area contributed by atoms with E-state index in [1.165, 1.54) is 0 Å². The summed E-state index contributed by atoms with van der Waals surface area (Å²) >= 11 is 6.08. The van der Waals surface area contributed by atoms with Crippen LogP contribution in [-0.4, -0.2) is 6.61 Å². The van der Waals surface area contributed by atoms with Gasteiger partial charge in [0.15, 0.2) is 0 Å². The molecule has 2 aromatic rings. The van der Waals surface area contributed by atoms with E-state index in [1.54, 1.807) is 0 Å². The molecule has 0 aliphatic carbocycles. The molecule has 0 saturated heterocycles. The van der Waals surface area contributed by atoms with E-state index < -0.39 is 0 Å². The van der Waals surface area contributed by atoms with Crippen LogP contribution in [0.25, 0.3) is 0 Å². The molecule has 20 heavy (non-hydrogen) atoms. The van der Waals surface area contributed by atoms with Crippen molar-refractivity contribution in [3.8, 4) is 5.75 Å². The Balaban J connectivity index is 2.34. The summed E-state index contributed by atoms with van der Waals surface area (Å²) in [6, 6.07) is 13.6. The number of aryl methyl sites for hydroxylation is 1. The van der Waals surface area contributed by atoms with Crippen LogP contribution in [0, 0.1) is 6.92 Å². The van der Waals surface area contributed by atoms with Crippen LogP contribution in [0.3, 0.4) is 0 Å². The predicted molar refractivity (Wildman–Crippen MR) is 83.0 cm³/mol. The zero-order valence-electron chi connectivity index (χ0n) is 11.7. The summed E-state index contributed by atoms with van der Waals surface area (Å²) in [5, 5.41) is 0.705. The Morgan fingerprint density at radius 2 is 1.90 bits per heavy atom. The Hall–Kier alpha value is -1.55. The normalized spacial score (nSPS) is 12.2. The zero-order valence-corrected chi connectivity index (χ0v) is 12.4. The summed E-state index contributed by atoms with van der Waals surface area (Å²) in [7, 11) is 0. The smallest absolute Gasteiger partial charge is 0.119 e. The Labute approximate surface area is 124 Å². The maximum absolute atomic E-state index is 6.08. The number of ether oxygens (including phenoxy) is 1. The monoisotopic (exact) mass is 290 g/mol. The lowest BCUT2D eigenvalue weighted by Gasteiger charge is -2.19. The highest BCUT2D eigenvalue weighted by molar-refractivity contribution is 6.30. The van der Waals surface area contributed by atoms with Crippen LogP contribution < -0.4 is 16.0 Å². The minimum absolute atomic E-state index is 0.0932. The van der Waals surface area contributed by atoms with Crippen molar-refractivity contribution < 1.29 is 4.74 Å². The molecule has 2 aromatic carbocycles. The van der Waals surface area contributed by atoms with Crippen LogP contribution in [0.2, 0.25) is 5.02 Å². The van der Waals surface area contributed by atoms with E-state index in [-0.39, 0.29) is 6.04 Å². The lowest BCUT2D eigenvalue weighted by Crippen LogP contribution is -2.29. The molecule has 0 amide bonds. The third-order valence-corrected chi connectivity index (χ3v) is 3.48. The summed E-state index contributed by atoms with van der Waals surface area (Å²) in [6.07, 6.45) is 0. The van der Waals surface area contributed by atoms with Gasteiger partial charge in [0.1, 0.15) is 5.75 Å². The molecule has 0 saturated carbocycles. The maximum Gasteiger partial charge on any atom is 0.119 e. The van der Waals surface area contributed by atoms with E-state index >= 15 is 0 Å². The highest BCUT2D eigenvalue weighted by Gasteiger charge is 2.15. The van der Waals surface area contributed by atoms with E-state index in [4.69, 9.17) is 22.2 Å². The van der Waals surface area contributed by atoms with Crippen LogP contribution in [0.4, 0.5) is 0 Å². The number of nitrogens with two attached hydrogens (primary N) is 1. The fourth-order valence-corrected chi connectivity index (χ4v) is 2.39. The number of hydrazine groups is 1. The summed E-state index contributed by atoms with van der Waals surface area (Å²) in [6.45, 7) is 4.67. The van der Waals surface area contributed by atoms with Gasteiger partial charge in [0.05, 0.1) is 12.6 Å². The number of rotatable bonds is 5. The van der Waals surface area contributed by atoms with Crippen LogP contribution in [0.5, 0.6) is 5.75 Å². The first-order valence-electron chi connectivity index (χ1n) is 6.60. The molecule has 0 spiro atoms. The Morgan fingerprint density at radius 1 is 1.20 bits per heavy atom. The average Bonchev–Trinajstić information content (AvgIpc) is 2.45. The van der Waals surface area contributed by atoms with Crippen LogP contribution >= 0.6 is 11.6 Å². The SMILES string of the molecule is CCOc1ccc(C(NN)c2cc(Cl)ccc2C)cc1. The maximum atomic E-state index is 6.08. The van der Waals surface area contributed by atoms with Crippen molar-refractivity contribution in [1.29, 1.82) is 0 Å². The molecule has 0 aliphatic rings. The van der Waals surface area contributed by atoms with Crippen molar-refractivity contribution in [2.24, 2.45) is 5.84 Å². The van der Waals surface area contributed by atoms with E-state index in [2.05, 4.69) is 5.43 Å². The first-order valence-corrected chi connectivity index (χ1v) is 6.98. The Kier molecular flexibility index (Phi) is 5.01. The molecule has 0 radical (unpaired) electrons. The van der Waals surface area contributed by atoms with Crippen LogP contribution in [0.15, 0.2) is 42.5 Å². The number of halogens is 1. The number of benzene rings is 2. The topological polar surface area (TPSA) is 47.3 Å². The standard InChI is InChI=1S/C16H19ClN2O/c1-3-20-14-8-5-12(6-9-14)16(19-18)15-10-13(17)7-4-11(15)2/h4-10,16,19H,3,18H2,1-2H3. The van der Waals surface area contributed by atoms with Crippen molar-refractivity contribution in [2.45, 2.75) is 19.9 Å². The molecule has 0 bridgehead atoms. The van der Waals surface area contributed by atoms with Gasteiger partial charge in [0.25, 0.3) is 0 Å². The molecular formula is C16H19ClN2O. The molecular weight excluding hydrogens is 272 g/mol. The lowest BCUT2D eigenvalue weighted by molar-refractivity contribution is 0.340. The molecule has 1 unspecified atom stereocenters. The predicted octanol–water partition coefficient (Wildman–Crippen LogP) is 3.60. The van der Waals surface area contributed by atoms with Crippen molar-refractivity contribution in [3.05, 3.63) is 64.2 Å². The van der Waals surface area contributed by atoms with Crippen molar-refractivity contribution >= 4 is 11.6 Å². The Bertz CT molecular complexity index is 569. The van der Waals surface area contributed by atoms with Gasteiger partial charge in [-0.15, -0.1) is 0 Å². The molecule has 3 nitrogen and oxygen atoms in total. The summed E-state index contributed by atoms with van der Waals surface area (Å²) in [5.41, 5.74) is 6.14. The van der Waals surface area contributed by atoms with Crippen LogP contribution in [0.1, 0.15) is 29.7 Å². The molecule has 106 valence electrons.